The Kier molecular flexibility index (Phi) is 4.55. The Bertz CT molecular complexity index is 220. The van der Waals surface area contributed by atoms with Crippen molar-refractivity contribution in [2.75, 3.05) is 13.2 Å². The van der Waals surface area contributed by atoms with Crippen LogP contribution in [-0.4, -0.2) is 36.2 Å². The number of aliphatic carboxylic acids is 1. The van der Waals surface area contributed by atoms with Crippen molar-refractivity contribution in [2.45, 2.75) is 32.2 Å². The molecular weight excluding hydrogens is 198 g/mol. The molecule has 0 aromatic rings. The van der Waals surface area contributed by atoms with Crippen LogP contribution in [0.5, 0.6) is 0 Å². The average Bonchev–Trinajstić information content (AvgIpc) is 2.17. The van der Waals surface area contributed by atoms with Gasteiger partial charge in [-0.25, -0.2) is 0 Å². The van der Waals surface area contributed by atoms with Crippen molar-refractivity contribution in [1.82, 2.24) is 5.32 Å². The van der Waals surface area contributed by atoms with Crippen molar-refractivity contribution in [3.05, 3.63) is 0 Å². The number of ether oxygens (including phenoxy) is 1. The molecule has 1 aliphatic heterocycles. The van der Waals surface area contributed by atoms with Gasteiger partial charge in [0.05, 0.1) is 13.0 Å². The SMILES string of the molecule is CC(=O)NC(CC(=O)O)C1CCCOC1. The van der Waals surface area contributed by atoms with Crippen LogP contribution in [0.3, 0.4) is 0 Å². The number of carboxylic acids is 1. The molecule has 1 amide bonds. The van der Waals surface area contributed by atoms with Crippen LogP contribution < -0.4 is 5.32 Å². The molecule has 0 radical (unpaired) electrons. The molecule has 86 valence electrons. The second-order valence-corrected chi connectivity index (χ2v) is 3.88. The summed E-state index contributed by atoms with van der Waals surface area (Å²) in [6, 6.07) is -0.305. The van der Waals surface area contributed by atoms with Crippen molar-refractivity contribution in [1.29, 1.82) is 0 Å². The molecule has 1 fully saturated rings. The lowest BCUT2D eigenvalue weighted by atomic mass is 9.91. The van der Waals surface area contributed by atoms with Crippen molar-refractivity contribution >= 4 is 11.9 Å². The smallest absolute Gasteiger partial charge is 0.305 e. The van der Waals surface area contributed by atoms with Crippen molar-refractivity contribution in [2.24, 2.45) is 5.92 Å². The second-order valence-electron chi connectivity index (χ2n) is 3.88. The summed E-state index contributed by atoms with van der Waals surface area (Å²) < 4.78 is 5.28. The molecular formula is C10H17NO4. The highest BCUT2D eigenvalue weighted by Gasteiger charge is 2.26. The predicted molar refractivity (Wildman–Crippen MR) is 53.4 cm³/mol. The number of hydrogen-bond donors (Lipinski definition) is 2. The van der Waals surface area contributed by atoms with Gasteiger partial charge in [-0.2, -0.15) is 0 Å². The molecule has 1 aliphatic rings. The lowest BCUT2D eigenvalue weighted by molar-refractivity contribution is -0.138. The first-order valence-electron chi connectivity index (χ1n) is 5.16. The van der Waals surface area contributed by atoms with E-state index in [9.17, 15) is 9.59 Å². The molecule has 2 N–H and O–H groups in total. The molecule has 1 saturated heterocycles. The summed E-state index contributed by atoms with van der Waals surface area (Å²) in [6.45, 7) is 2.67. The van der Waals surface area contributed by atoms with E-state index >= 15 is 0 Å². The van der Waals surface area contributed by atoms with Gasteiger partial charge in [-0.1, -0.05) is 0 Å². The third-order valence-corrected chi connectivity index (χ3v) is 2.55. The maximum absolute atomic E-state index is 10.9. The second kappa shape index (κ2) is 5.70. The Morgan fingerprint density at radius 3 is 2.80 bits per heavy atom. The van der Waals surface area contributed by atoms with Gasteiger partial charge in [0.2, 0.25) is 5.91 Å². The summed E-state index contributed by atoms with van der Waals surface area (Å²) in [7, 11) is 0. The standard InChI is InChI=1S/C10H17NO4/c1-7(12)11-9(5-10(13)14)8-3-2-4-15-6-8/h8-9H,2-6H2,1H3,(H,11,12)(H,13,14). The monoisotopic (exact) mass is 215 g/mol. The summed E-state index contributed by atoms with van der Waals surface area (Å²) in [5.74, 6) is -0.954. The summed E-state index contributed by atoms with van der Waals surface area (Å²) >= 11 is 0. The fourth-order valence-corrected chi connectivity index (χ4v) is 1.87. The molecule has 15 heavy (non-hydrogen) atoms. The fourth-order valence-electron chi connectivity index (χ4n) is 1.87. The average molecular weight is 215 g/mol. The first kappa shape index (κ1) is 12.0. The van der Waals surface area contributed by atoms with Crippen LogP contribution in [0.1, 0.15) is 26.2 Å². The highest BCUT2D eigenvalue weighted by Crippen LogP contribution is 2.19. The molecule has 1 heterocycles. The number of hydrogen-bond acceptors (Lipinski definition) is 3. The van der Waals surface area contributed by atoms with Crippen LogP contribution in [0.15, 0.2) is 0 Å². The van der Waals surface area contributed by atoms with E-state index in [-0.39, 0.29) is 24.3 Å². The molecule has 0 aromatic carbocycles. The minimum Gasteiger partial charge on any atom is -0.481 e. The van der Waals surface area contributed by atoms with Gasteiger partial charge in [0, 0.05) is 25.5 Å². The van der Waals surface area contributed by atoms with Crippen molar-refractivity contribution in [3.63, 3.8) is 0 Å². The predicted octanol–water partition coefficient (Wildman–Crippen LogP) is 0.392. The Balaban J connectivity index is 2.52. The van der Waals surface area contributed by atoms with E-state index in [1.54, 1.807) is 0 Å². The third-order valence-electron chi connectivity index (χ3n) is 2.55. The zero-order valence-corrected chi connectivity index (χ0v) is 8.86. The summed E-state index contributed by atoms with van der Waals surface area (Å²) in [6.07, 6.45) is 1.81. The minimum atomic E-state index is -0.890. The zero-order valence-electron chi connectivity index (χ0n) is 8.86. The lowest BCUT2D eigenvalue weighted by Crippen LogP contribution is -2.43. The molecule has 0 bridgehead atoms. The van der Waals surface area contributed by atoms with E-state index in [0.29, 0.717) is 6.61 Å². The Labute approximate surface area is 88.8 Å². The Hall–Kier alpha value is -1.10. The van der Waals surface area contributed by atoms with Crippen molar-refractivity contribution in [3.8, 4) is 0 Å². The fraction of sp³-hybridized carbons (Fsp3) is 0.800. The van der Waals surface area contributed by atoms with Crippen LogP contribution >= 0.6 is 0 Å². The normalized spacial score (nSPS) is 23.1. The number of amides is 1. The van der Waals surface area contributed by atoms with Crippen LogP contribution in [0, 0.1) is 5.92 Å². The largest absolute Gasteiger partial charge is 0.481 e. The van der Waals surface area contributed by atoms with Crippen LogP contribution in [0.4, 0.5) is 0 Å². The zero-order chi connectivity index (χ0) is 11.3. The van der Waals surface area contributed by atoms with Gasteiger partial charge in [0.25, 0.3) is 0 Å². The van der Waals surface area contributed by atoms with Crippen molar-refractivity contribution < 1.29 is 19.4 Å². The molecule has 1 rings (SSSR count). The summed E-state index contributed by atoms with van der Waals surface area (Å²) in [5, 5.41) is 11.4. The maximum Gasteiger partial charge on any atom is 0.305 e. The van der Waals surface area contributed by atoms with Gasteiger partial charge in [-0.05, 0) is 12.8 Å². The van der Waals surface area contributed by atoms with Crippen LogP contribution in [-0.2, 0) is 14.3 Å². The van der Waals surface area contributed by atoms with Gasteiger partial charge >= 0.3 is 5.97 Å². The van der Waals surface area contributed by atoms with Gasteiger partial charge in [0.15, 0.2) is 0 Å². The maximum atomic E-state index is 10.9. The van der Waals surface area contributed by atoms with E-state index in [4.69, 9.17) is 9.84 Å². The molecule has 0 saturated carbocycles. The third kappa shape index (κ3) is 4.29. The molecule has 0 aromatic heterocycles. The first-order chi connectivity index (χ1) is 7.09. The number of carboxylic acid groups (broad SMARTS) is 1. The molecule has 2 unspecified atom stereocenters. The van der Waals surface area contributed by atoms with Gasteiger partial charge in [-0.15, -0.1) is 0 Å². The number of nitrogens with one attached hydrogen (secondary N) is 1. The molecule has 2 atom stereocenters. The van der Waals surface area contributed by atoms with Crippen LogP contribution in [0.25, 0.3) is 0 Å². The number of carbonyl (C=O) groups is 2. The van der Waals surface area contributed by atoms with E-state index in [2.05, 4.69) is 5.32 Å². The van der Waals surface area contributed by atoms with Gasteiger partial charge in [0.1, 0.15) is 0 Å². The summed E-state index contributed by atoms with van der Waals surface area (Å²) in [5.41, 5.74) is 0. The van der Waals surface area contributed by atoms with E-state index in [1.807, 2.05) is 0 Å². The quantitative estimate of drug-likeness (QED) is 0.711. The van der Waals surface area contributed by atoms with E-state index < -0.39 is 5.97 Å². The molecule has 5 nitrogen and oxygen atoms in total. The van der Waals surface area contributed by atoms with Gasteiger partial charge < -0.3 is 15.2 Å². The summed E-state index contributed by atoms with van der Waals surface area (Å²) in [4.78, 5) is 21.6. The highest BCUT2D eigenvalue weighted by molar-refractivity contribution is 5.75. The molecule has 0 aliphatic carbocycles. The highest BCUT2D eigenvalue weighted by atomic mass is 16.5. The topological polar surface area (TPSA) is 75.6 Å². The molecule has 0 spiro atoms. The first-order valence-corrected chi connectivity index (χ1v) is 5.16. The number of rotatable bonds is 4. The number of carbonyl (C=O) groups excluding carboxylic acids is 1. The van der Waals surface area contributed by atoms with Gasteiger partial charge in [-0.3, -0.25) is 9.59 Å². The minimum absolute atomic E-state index is 0.0341. The Morgan fingerprint density at radius 1 is 1.60 bits per heavy atom. The molecule has 5 heteroatoms. The lowest BCUT2D eigenvalue weighted by Gasteiger charge is -2.29. The van der Waals surface area contributed by atoms with Crippen LogP contribution in [0.2, 0.25) is 0 Å². The van der Waals surface area contributed by atoms with E-state index in [0.717, 1.165) is 19.4 Å². The van der Waals surface area contributed by atoms with E-state index in [1.165, 1.54) is 6.92 Å². The Morgan fingerprint density at radius 2 is 2.33 bits per heavy atom.